The maximum atomic E-state index is 12.0. The first-order chi connectivity index (χ1) is 9.31. The molecule has 1 rings (SSSR count). The zero-order valence-corrected chi connectivity index (χ0v) is 12.9. The molecule has 0 spiro atoms. The Morgan fingerprint density at radius 2 is 2.00 bits per heavy atom. The Balaban J connectivity index is 2.78. The molecule has 0 N–H and O–H groups in total. The third kappa shape index (κ3) is 6.02. The maximum absolute atomic E-state index is 12.0. The van der Waals surface area contributed by atoms with Crippen molar-refractivity contribution in [2.75, 3.05) is 0 Å². The maximum Gasteiger partial charge on any atom is 0.331 e. The van der Waals surface area contributed by atoms with Crippen LogP contribution in [-0.4, -0.2) is 23.8 Å². The van der Waals surface area contributed by atoms with E-state index in [0.29, 0.717) is 11.4 Å². The van der Waals surface area contributed by atoms with E-state index in [1.807, 2.05) is 32.9 Å². The standard InChI is InChI=1S/C16H20ClNO2/c1-5-6-14(15(19)20-16(2,3)4)18-11-12-7-9-13(17)10-8-12/h5,7-11,14H,1,6H2,2-4H3/b18-11+. The number of rotatable bonds is 5. The van der Waals surface area contributed by atoms with E-state index in [2.05, 4.69) is 11.6 Å². The summed E-state index contributed by atoms with van der Waals surface area (Å²) in [6.07, 6.45) is 3.75. The molecule has 1 aromatic carbocycles. The zero-order valence-electron chi connectivity index (χ0n) is 12.1. The van der Waals surface area contributed by atoms with Gasteiger partial charge < -0.3 is 4.74 Å². The molecule has 0 aliphatic carbocycles. The first-order valence-electron chi connectivity index (χ1n) is 6.44. The smallest absolute Gasteiger partial charge is 0.331 e. The number of nitrogens with zero attached hydrogens (tertiary/aromatic N) is 1. The molecule has 0 aliphatic rings. The Hall–Kier alpha value is -1.61. The topological polar surface area (TPSA) is 38.7 Å². The van der Waals surface area contributed by atoms with Gasteiger partial charge in [0.2, 0.25) is 0 Å². The fourth-order valence-corrected chi connectivity index (χ4v) is 1.60. The van der Waals surface area contributed by atoms with Crippen LogP contribution in [-0.2, 0) is 9.53 Å². The van der Waals surface area contributed by atoms with E-state index in [0.717, 1.165) is 5.56 Å². The normalized spacial score (nSPS) is 13.2. The summed E-state index contributed by atoms with van der Waals surface area (Å²) < 4.78 is 5.34. The van der Waals surface area contributed by atoms with Crippen LogP contribution in [0.2, 0.25) is 5.02 Å². The van der Waals surface area contributed by atoms with E-state index in [-0.39, 0.29) is 5.97 Å². The fraction of sp³-hybridized carbons (Fsp3) is 0.375. The Morgan fingerprint density at radius 1 is 1.40 bits per heavy atom. The third-order valence-corrected chi connectivity index (χ3v) is 2.59. The van der Waals surface area contributed by atoms with Crippen molar-refractivity contribution in [2.45, 2.75) is 38.8 Å². The Labute approximate surface area is 125 Å². The quantitative estimate of drug-likeness (QED) is 0.467. The summed E-state index contributed by atoms with van der Waals surface area (Å²) in [5, 5.41) is 0.664. The molecule has 0 heterocycles. The van der Waals surface area contributed by atoms with Crippen molar-refractivity contribution in [3.63, 3.8) is 0 Å². The first-order valence-corrected chi connectivity index (χ1v) is 6.82. The second-order valence-corrected chi connectivity index (χ2v) is 5.84. The van der Waals surface area contributed by atoms with Gasteiger partial charge in [0.25, 0.3) is 0 Å². The van der Waals surface area contributed by atoms with Gasteiger partial charge in [-0.2, -0.15) is 0 Å². The monoisotopic (exact) mass is 293 g/mol. The van der Waals surface area contributed by atoms with E-state index in [1.165, 1.54) is 0 Å². The van der Waals surface area contributed by atoms with Crippen LogP contribution in [0.3, 0.4) is 0 Å². The molecular weight excluding hydrogens is 274 g/mol. The molecule has 0 saturated carbocycles. The molecular formula is C16H20ClNO2. The zero-order chi connectivity index (χ0) is 15.2. The first kappa shape index (κ1) is 16.4. The van der Waals surface area contributed by atoms with Crippen LogP contribution >= 0.6 is 11.6 Å². The minimum Gasteiger partial charge on any atom is -0.458 e. The molecule has 4 heteroatoms. The Morgan fingerprint density at radius 3 is 2.50 bits per heavy atom. The molecule has 3 nitrogen and oxygen atoms in total. The highest BCUT2D eigenvalue weighted by molar-refractivity contribution is 6.30. The lowest BCUT2D eigenvalue weighted by Gasteiger charge is -2.21. The summed E-state index contributed by atoms with van der Waals surface area (Å²) in [5.74, 6) is -0.345. The summed E-state index contributed by atoms with van der Waals surface area (Å²) >= 11 is 5.82. The van der Waals surface area contributed by atoms with Crippen LogP contribution in [0.25, 0.3) is 0 Å². The summed E-state index contributed by atoms with van der Waals surface area (Å²) in [6.45, 7) is 9.14. The molecule has 1 aromatic rings. The van der Waals surface area contributed by atoms with Gasteiger partial charge in [0, 0.05) is 11.2 Å². The second-order valence-electron chi connectivity index (χ2n) is 5.40. The number of aliphatic imine (C=N–C) groups is 1. The average molecular weight is 294 g/mol. The number of hydrogen-bond acceptors (Lipinski definition) is 3. The molecule has 0 radical (unpaired) electrons. The number of esters is 1. The molecule has 1 atom stereocenters. The number of hydrogen-bond donors (Lipinski definition) is 0. The van der Waals surface area contributed by atoms with Gasteiger partial charge in [0.15, 0.2) is 6.04 Å². The van der Waals surface area contributed by atoms with Crippen LogP contribution in [0.4, 0.5) is 0 Å². The highest BCUT2D eigenvalue weighted by Gasteiger charge is 2.23. The van der Waals surface area contributed by atoms with Crippen LogP contribution in [0.15, 0.2) is 41.9 Å². The molecule has 0 bridgehead atoms. The van der Waals surface area contributed by atoms with Crippen molar-refractivity contribution >= 4 is 23.8 Å². The van der Waals surface area contributed by atoms with E-state index in [1.54, 1.807) is 24.4 Å². The van der Waals surface area contributed by atoms with Crippen molar-refractivity contribution in [2.24, 2.45) is 4.99 Å². The Bertz CT molecular complexity index is 486. The number of carbonyl (C=O) groups is 1. The van der Waals surface area contributed by atoms with Gasteiger partial charge in [-0.15, -0.1) is 6.58 Å². The van der Waals surface area contributed by atoms with E-state index < -0.39 is 11.6 Å². The van der Waals surface area contributed by atoms with E-state index >= 15 is 0 Å². The molecule has 1 unspecified atom stereocenters. The van der Waals surface area contributed by atoms with Gasteiger partial charge in [0.05, 0.1) is 0 Å². The van der Waals surface area contributed by atoms with Crippen molar-refractivity contribution in [3.8, 4) is 0 Å². The van der Waals surface area contributed by atoms with Crippen LogP contribution in [0, 0.1) is 0 Å². The number of halogens is 1. The van der Waals surface area contributed by atoms with Crippen molar-refractivity contribution in [1.29, 1.82) is 0 Å². The highest BCUT2D eigenvalue weighted by Crippen LogP contribution is 2.13. The SMILES string of the molecule is C=CCC(/N=C/c1ccc(Cl)cc1)C(=O)OC(C)(C)C. The predicted octanol–water partition coefficient (Wildman–Crippen LogP) is 4.05. The minimum absolute atomic E-state index is 0.345. The summed E-state index contributed by atoms with van der Waals surface area (Å²) in [6, 6.07) is 6.66. The van der Waals surface area contributed by atoms with Crippen LogP contribution < -0.4 is 0 Å². The van der Waals surface area contributed by atoms with Gasteiger partial charge in [-0.1, -0.05) is 29.8 Å². The van der Waals surface area contributed by atoms with Gasteiger partial charge in [-0.05, 0) is 44.9 Å². The lowest BCUT2D eigenvalue weighted by Crippen LogP contribution is -2.30. The average Bonchev–Trinajstić information content (AvgIpc) is 2.34. The van der Waals surface area contributed by atoms with Gasteiger partial charge in [0.1, 0.15) is 5.60 Å². The van der Waals surface area contributed by atoms with E-state index in [4.69, 9.17) is 16.3 Å². The predicted molar refractivity (Wildman–Crippen MR) is 83.5 cm³/mol. The van der Waals surface area contributed by atoms with Crippen LogP contribution in [0.5, 0.6) is 0 Å². The molecule has 0 amide bonds. The van der Waals surface area contributed by atoms with Crippen molar-refractivity contribution in [3.05, 3.63) is 47.5 Å². The Kier molecular flexibility index (Phi) is 5.96. The lowest BCUT2D eigenvalue weighted by molar-refractivity contribution is -0.156. The molecule has 0 saturated heterocycles. The number of carbonyl (C=O) groups excluding carboxylic acids is 1. The lowest BCUT2D eigenvalue weighted by atomic mass is 10.1. The van der Waals surface area contributed by atoms with E-state index in [9.17, 15) is 4.79 Å². The number of benzene rings is 1. The summed E-state index contributed by atoms with van der Waals surface area (Å²) in [4.78, 5) is 16.3. The fourth-order valence-electron chi connectivity index (χ4n) is 1.47. The molecule has 0 aromatic heterocycles. The molecule has 0 fully saturated rings. The summed E-state index contributed by atoms with van der Waals surface area (Å²) in [7, 11) is 0. The molecule has 20 heavy (non-hydrogen) atoms. The van der Waals surface area contributed by atoms with Gasteiger partial charge in [-0.25, -0.2) is 4.79 Å². The van der Waals surface area contributed by atoms with Gasteiger partial charge in [-0.3, -0.25) is 4.99 Å². The minimum atomic E-state index is -0.567. The van der Waals surface area contributed by atoms with Crippen molar-refractivity contribution in [1.82, 2.24) is 0 Å². The molecule has 108 valence electrons. The van der Waals surface area contributed by atoms with Crippen LogP contribution in [0.1, 0.15) is 32.8 Å². The van der Waals surface area contributed by atoms with Gasteiger partial charge >= 0.3 is 5.97 Å². The summed E-state index contributed by atoms with van der Waals surface area (Å²) in [5.41, 5.74) is 0.360. The third-order valence-electron chi connectivity index (χ3n) is 2.34. The second kappa shape index (κ2) is 7.25. The number of ether oxygens (including phenoxy) is 1. The molecule has 0 aliphatic heterocycles. The van der Waals surface area contributed by atoms with Crippen molar-refractivity contribution < 1.29 is 9.53 Å². The largest absolute Gasteiger partial charge is 0.458 e. The highest BCUT2D eigenvalue weighted by atomic mass is 35.5.